The fourth-order valence-corrected chi connectivity index (χ4v) is 3.72. The normalized spacial score (nSPS) is 12.5. The zero-order valence-electron chi connectivity index (χ0n) is 22.8. The molecule has 3 rings (SSSR count). The number of nitrogens with zero attached hydrogens (tertiary/aromatic N) is 2. The van der Waals surface area contributed by atoms with Gasteiger partial charge in [-0.25, -0.2) is 14.4 Å². The fourth-order valence-electron chi connectivity index (χ4n) is 3.72. The topological polar surface area (TPSA) is 139 Å². The Labute approximate surface area is 226 Å². The fraction of sp³-hybridized carbons (Fsp3) is 0.393. The van der Waals surface area contributed by atoms with Crippen molar-refractivity contribution >= 4 is 34.7 Å². The lowest BCUT2D eigenvalue weighted by Crippen LogP contribution is -2.45. The molecule has 11 heteroatoms. The molecular weight excluding hydrogens is 506 g/mol. The van der Waals surface area contributed by atoms with Gasteiger partial charge in [0.25, 0.3) is 5.69 Å². The van der Waals surface area contributed by atoms with Gasteiger partial charge in [0, 0.05) is 30.1 Å². The minimum absolute atomic E-state index is 0.0158. The van der Waals surface area contributed by atoms with Crippen molar-refractivity contribution in [3.63, 3.8) is 0 Å². The SMILES string of the molecule is CC(C)(C)OC(=O)N[C@H](Cc1cn(C(=O)OC(C)(C)C)c2cc([N+](=O)[O-])ccc12)C(=O)OCc1ccccc1. The summed E-state index contributed by atoms with van der Waals surface area (Å²) < 4.78 is 17.4. The smallest absolute Gasteiger partial charge is 0.419 e. The third-order valence-electron chi connectivity index (χ3n) is 5.30. The molecule has 2 aromatic carbocycles. The Morgan fingerprint density at radius 2 is 1.62 bits per heavy atom. The van der Waals surface area contributed by atoms with E-state index in [9.17, 15) is 24.5 Å². The number of hydrogen-bond donors (Lipinski definition) is 1. The predicted molar refractivity (Wildman–Crippen MR) is 143 cm³/mol. The van der Waals surface area contributed by atoms with Gasteiger partial charge in [-0.3, -0.25) is 14.7 Å². The van der Waals surface area contributed by atoms with Crippen LogP contribution in [0.1, 0.15) is 52.7 Å². The zero-order valence-corrected chi connectivity index (χ0v) is 22.8. The van der Waals surface area contributed by atoms with Crippen LogP contribution in [0, 0.1) is 10.1 Å². The van der Waals surface area contributed by atoms with Gasteiger partial charge < -0.3 is 19.5 Å². The molecule has 39 heavy (non-hydrogen) atoms. The minimum Gasteiger partial charge on any atom is -0.459 e. The average Bonchev–Trinajstić information content (AvgIpc) is 3.18. The monoisotopic (exact) mass is 539 g/mol. The van der Waals surface area contributed by atoms with E-state index in [0.717, 1.165) is 10.1 Å². The van der Waals surface area contributed by atoms with Crippen LogP contribution in [-0.4, -0.2) is 44.9 Å². The van der Waals surface area contributed by atoms with Crippen LogP contribution >= 0.6 is 0 Å². The molecule has 0 unspecified atom stereocenters. The molecule has 11 nitrogen and oxygen atoms in total. The van der Waals surface area contributed by atoms with Crippen LogP contribution in [0.15, 0.2) is 54.7 Å². The zero-order chi connectivity index (χ0) is 29.0. The molecule has 1 N–H and O–H groups in total. The summed E-state index contributed by atoms with van der Waals surface area (Å²) >= 11 is 0. The molecule has 0 aliphatic carbocycles. The van der Waals surface area contributed by atoms with Crippen molar-refractivity contribution in [1.82, 2.24) is 9.88 Å². The number of hydrogen-bond acceptors (Lipinski definition) is 8. The number of benzene rings is 2. The molecule has 0 aliphatic heterocycles. The molecule has 1 aromatic heterocycles. The largest absolute Gasteiger partial charge is 0.459 e. The number of fused-ring (bicyclic) bond motifs is 1. The predicted octanol–water partition coefficient (Wildman–Crippen LogP) is 5.51. The molecule has 208 valence electrons. The second-order valence-electron chi connectivity index (χ2n) is 11.0. The lowest BCUT2D eigenvalue weighted by atomic mass is 10.0. The van der Waals surface area contributed by atoms with E-state index >= 15 is 0 Å². The molecule has 1 heterocycles. The molecule has 0 bridgehead atoms. The molecule has 1 atom stereocenters. The van der Waals surface area contributed by atoms with Gasteiger partial charge in [-0.15, -0.1) is 0 Å². The van der Waals surface area contributed by atoms with Crippen LogP contribution in [0.2, 0.25) is 0 Å². The highest BCUT2D eigenvalue weighted by molar-refractivity contribution is 5.94. The first-order valence-corrected chi connectivity index (χ1v) is 12.3. The molecule has 1 amide bonds. The molecular formula is C28H33N3O8. The Bertz CT molecular complexity index is 1370. The summed E-state index contributed by atoms with van der Waals surface area (Å²) in [7, 11) is 0. The number of nitro benzene ring substituents is 1. The number of esters is 1. The van der Waals surface area contributed by atoms with Crippen molar-refractivity contribution in [3.8, 4) is 0 Å². The quantitative estimate of drug-likeness (QED) is 0.179. The summed E-state index contributed by atoms with van der Waals surface area (Å²) in [6.45, 7) is 10.2. The average molecular weight is 540 g/mol. The summed E-state index contributed by atoms with van der Waals surface area (Å²) in [5.74, 6) is -0.718. The first-order chi connectivity index (χ1) is 18.1. The Morgan fingerprint density at radius 1 is 0.974 bits per heavy atom. The highest BCUT2D eigenvalue weighted by Gasteiger charge is 2.29. The highest BCUT2D eigenvalue weighted by atomic mass is 16.6. The summed E-state index contributed by atoms with van der Waals surface area (Å²) in [5.41, 5.74) is -0.408. The summed E-state index contributed by atoms with van der Waals surface area (Å²) in [6.07, 6.45) is -0.216. The Morgan fingerprint density at radius 3 is 2.21 bits per heavy atom. The first-order valence-electron chi connectivity index (χ1n) is 12.3. The van der Waals surface area contributed by atoms with Gasteiger partial charge in [0.1, 0.15) is 23.9 Å². The van der Waals surface area contributed by atoms with Crippen LogP contribution in [0.3, 0.4) is 0 Å². The van der Waals surface area contributed by atoms with Crippen LogP contribution in [0.4, 0.5) is 15.3 Å². The molecule has 0 saturated carbocycles. The maximum Gasteiger partial charge on any atom is 0.419 e. The van der Waals surface area contributed by atoms with Gasteiger partial charge in [-0.1, -0.05) is 30.3 Å². The van der Waals surface area contributed by atoms with Crippen LogP contribution < -0.4 is 5.32 Å². The van der Waals surface area contributed by atoms with Crippen molar-refractivity contribution in [2.45, 2.75) is 71.8 Å². The molecule has 3 aromatic rings. The van der Waals surface area contributed by atoms with E-state index in [2.05, 4.69) is 5.32 Å². The van der Waals surface area contributed by atoms with E-state index in [1.54, 1.807) is 53.7 Å². The van der Waals surface area contributed by atoms with E-state index in [4.69, 9.17) is 14.2 Å². The number of alkyl carbamates (subject to hydrolysis) is 1. The van der Waals surface area contributed by atoms with Crippen molar-refractivity contribution in [2.75, 3.05) is 0 Å². The third-order valence-corrected chi connectivity index (χ3v) is 5.30. The summed E-state index contributed by atoms with van der Waals surface area (Å²) in [6, 6.07) is 11.9. The van der Waals surface area contributed by atoms with E-state index in [1.165, 1.54) is 24.4 Å². The number of rotatable bonds is 7. The number of carbonyl (C=O) groups is 3. The van der Waals surface area contributed by atoms with Gasteiger partial charge in [0.05, 0.1) is 10.4 Å². The third kappa shape index (κ3) is 8.29. The molecule has 0 spiro atoms. The maximum absolute atomic E-state index is 13.1. The lowest BCUT2D eigenvalue weighted by Gasteiger charge is -2.23. The number of aromatic nitrogens is 1. The first kappa shape index (κ1) is 29.2. The maximum atomic E-state index is 13.1. The van der Waals surface area contributed by atoms with Gasteiger partial charge in [0.2, 0.25) is 0 Å². The number of non-ortho nitro benzene ring substituents is 1. The van der Waals surface area contributed by atoms with Crippen molar-refractivity contribution < 1.29 is 33.5 Å². The number of amides is 1. The van der Waals surface area contributed by atoms with E-state index in [0.29, 0.717) is 10.9 Å². The van der Waals surface area contributed by atoms with Crippen molar-refractivity contribution in [3.05, 3.63) is 76.0 Å². The van der Waals surface area contributed by atoms with Gasteiger partial charge >= 0.3 is 18.2 Å². The Hall–Kier alpha value is -4.41. The second-order valence-corrected chi connectivity index (χ2v) is 11.0. The van der Waals surface area contributed by atoms with Gasteiger partial charge in [-0.2, -0.15) is 0 Å². The lowest BCUT2D eigenvalue weighted by molar-refractivity contribution is -0.384. The number of nitro groups is 1. The molecule has 0 aliphatic rings. The van der Waals surface area contributed by atoms with Crippen LogP contribution in [-0.2, 0) is 32.0 Å². The van der Waals surface area contributed by atoms with E-state index < -0.39 is 40.3 Å². The van der Waals surface area contributed by atoms with Crippen molar-refractivity contribution in [1.29, 1.82) is 0 Å². The van der Waals surface area contributed by atoms with Crippen LogP contribution in [0.25, 0.3) is 10.9 Å². The second kappa shape index (κ2) is 11.5. The molecule has 0 radical (unpaired) electrons. The minimum atomic E-state index is -1.18. The van der Waals surface area contributed by atoms with Gasteiger partial charge in [-0.05, 0) is 58.7 Å². The van der Waals surface area contributed by atoms with E-state index in [1.807, 2.05) is 18.2 Å². The van der Waals surface area contributed by atoms with Gasteiger partial charge in [0.15, 0.2) is 0 Å². The summed E-state index contributed by atoms with van der Waals surface area (Å²) in [4.78, 5) is 49.6. The van der Waals surface area contributed by atoms with E-state index in [-0.39, 0.29) is 24.2 Å². The Kier molecular flexibility index (Phi) is 8.63. The number of ether oxygens (including phenoxy) is 3. The number of carbonyl (C=O) groups excluding carboxylic acids is 3. The standard InChI is InChI=1S/C28H33N3O8/c1-27(2,3)38-25(33)29-22(24(32)37-17-18-10-8-7-9-11-18)14-19-16-30(26(34)39-28(4,5)6)23-15-20(31(35)36)12-13-21(19)23/h7-13,15-16,22H,14,17H2,1-6H3,(H,29,33)/t22-/m1/s1. The van der Waals surface area contributed by atoms with Crippen molar-refractivity contribution in [2.24, 2.45) is 0 Å². The number of nitrogens with one attached hydrogen (secondary N) is 1. The highest BCUT2D eigenvalue weighted by Crippen LogP contribution is 2.28. The van der Waals surface area contributed by atoms with Crippen LogP contribution in [0.5, 0.6) is 0 Å². The Balaban J connectivity index is 1.98. The molecule has 0 saturated heterocycles. The summed E-state index contributed by atoms with van der Waals surface area (Å²) in [5, 5.41) is 14.4. The molecule has 0 fully saturated rings.